The highest BCUT2D eigenvalue weighted by atomic mass is 16.3. The molecule has 18 heavy (non-hydrogen) atoms. The van der Waals surface area contributed by atoms with Crippen LogP contribution in [0.3, 0.4) is 0 Å². The molecule has 1 atom stereocenters. The summed E-state index contributed by atoms with van der Waals surface area (Å²) >= 11 is 0. The van der Waals surface area contributed by atoms with E-state index >= 15 is 0 Å². The van der Waals surface area contributed by atoms with Gasteiger partial charge in [-0.2, -0.15) is 0 Å². The van der Waals surface area contributed by atoms with Gasteiger partial charge in [-0.25, -0.2) is 0 Å². The van der Waals surface area contributed by atoms with Gasteiger partial charge in [-0.05, 0) is 37.8 Å². The molecule has 1 aromatic carbocycles. The van der Waals surface area contributed by atoms with Gasteiger partial charge in [0.1, 0.15) is 0 Å². The smallest absolute Gasteiger partial charge is 0.0499 e. The normalized spacial score (nSPS) is 13.6. The van der Waals surface area contributed by atoms with Crippen LogP contribution in [0.15, 0.2) is 24.3 Å². The van der Waals surface area contributed by atoms with Gasteiger partial charge in [0, 0.05) is 24.6 Å². The molecule has 0 aliphatic rings. The molecule has 0 radical (unpaired) electrons. The predicted octanol–water partition coefficient (Wildman–Crippen LogP) is 3.44. The topological polar surface area (TPSA) is 32.3 Å². The van der Waals surface area contributed by atoms with Gasteiger partial charge in [0.15, 0.2) is 0 Å². The molecular weight excluding hydrogens is 222 g/mol. The molecule has 0 amide bonds. The van der Waals surface area contributed by atoms with Crippen molar-refractivity contribution in [1.82, 2.24) is 5.32 Å². The minimum absolute atomic E-state index is 0.0247. The molecule has 0 bridgehead atoms. The van der Waals surface area contributed by atoms with Crippen LogP contribution < -0.4 is 5.32 Å². The van der Waals surface area contributed by atoms with Crippen LogP contribution in [0.1, 0.15) is 50.8 Å². The van der Waals surface area contributed by atoms with Gasteiger partial charge >= 0.3 is 0 Å². The Morgan fingerprint density at radius 2 is 1.83 bits per heavy atom. The third-order valence-electron chi connectivity index (χ3n) is 4.27. The Kier molecular flexibility index (Phi) is 5.83. The molecular formula is C16H27NO. The quantitative estimate of drug-likeness (QED) is 0.776. The van der Waals surface area contributed by atoms with E-state index in [9.17, 15) is 5.11 Å². The van der Waals surface area contributed by atoms with Crippen molar-refractivity contribution in [2.75, 3.05) is 13.2 Å². The van der Waals surface area contributed by atoms with Crippen LogP contribution in [0, 0.1) is 12.3 Å². The summed E-state index contributed by atoms with van der Waals surface area (Å²) in [4.78, 5) is 0. The lowest BCUT2D eigenvalue weighted by Crippen LogP contribution is -2.37. The molecule has 2 nitrogen and oxygen atoms in total. The van der Waals surface area contributed by atoms with Crippen LogP contribution in [-0.2, 0) is 0 Å². The minimum Gasteiger partial charge on any atom is -0.396 e. The Bertz CT molecular complexity index is 350. The van der Waals surface area contributed by atoms with Gasteiger partial charge in [-0.1, -0.05) is 38.1 Å². The van der Waals surface area contributed by atoms with E-state index in [1.54, 1.807) is 0 Å². The van der Waals surface area contributed by atoms with E-state index in [0.29, 0.717) is 6.04 Å². The fourth-order valence-electron chi connectivity index (χ4n) is 2.33. The zero-order chi connectivity index (χ0) is 13.6. The second-order valence-corrected chi connectivity index (χ2v) is 5.32. The maximum Gasteiger partial charge on any atom is 0.0499 e. The first-order valence-electron chi connectivity index (χ1n) is 6.98. The molecule has 0 aliphatic carbocycles. The Balaban J connectivity index is 2.66. The van der Waals surface area contributed by atoms with E-state index in [1.807, 2.05) is 0 Å². The maximum atomic E-state index is 9.57. The molecule has 0 saturated heterocycles. The van der Waals surface area contributed by atoms with Gasteiger partial charge < -0.3 is 10.4 Å². The lowest BCUT2D eigenvalue weighted by Gasteiger charge is -2.31. The highest BCUT2D eigenvalue weighted by Crippen LogP contribution is 2.26. The lowest BCUT2D eigenvalue weighted by atomic mass is 9.83. The molecule has 1 rings (SSSR count). The zero-order valence-electron chi connectivity index (χ0n) is 12.2. The molecule has 1 aromatic rings. The molecule has 0 spiro atoms. The largest absolute Gasteiger partial charge is 0.396 e. The zero-order valence-corrected chi connectivity index (χ0v) is 12.2. The van der Waals surface area contributed by atoms with Gasteiger partial charge in [0.05, 0.1) is 0 Å². The summed E-state index contributed by atoms with van der Waals surface area (Å²) in [6.45, 7) is 9.77. The monoisotopic (exact) mass is 249 g/mol. The third kappa shape index (κ3) is 3.56. The standard InChI is InChI=1S/C16H27NO/c1-5-16(6-2,12-18)11-17-14(4)15-10-8-7-9-13(15)3/h7-10,14,17-18H,5-6,11-12H2,1-4H3/t14-/m1/s1. The van der Waals surface area contributed by atoms with Crippen LogP contribution in [0.5, 0.6) is 0 Å². The highest BCUT2D eigenvalue weighted by molar-refractivity contribution is 5.28. The van der Waals surface area contributed by atoms with Crippen LogP contribution >= 0.6 is 0 Å². The molecule has 0 heterocycles. The Morgan fingerprint density at radius 1 is 1.22 bits per heavy atom. The first-order valence-corrected chi connectivity index (χ1v) is 6.98. The van der Waals surface area contributed by atoms with E-state index in [-0.39, 0.29) is 12.0 Å². The first-order chi connectivity index (χ1) is 8.58. The van der Waals surface area contributed by atoms with Gasteiger partial charge in [-0.3, -0.25) is 0 Å². The summed E-state index contributed by atoms with van der Waals surface area (Å²) in [5.74, 6) is 0. The fourth-order valence-corrected chi connectivity index (χ4v) is 2.33. The van der Waals surface area contributed by atoms with E-state index in [2.05, 4.69) is 57.3 Å². The summed E-state index contributed by atoms with van der Waals surface area (Å²) < 4.78 is 0. The highest BCUT2D eigenvalue weighted by Gasteiger charge is 2.25. The van der Waals surface area contributed by atoms with Crippen molar-refractivity contribution in [3.8, 4) is 0 Å². The van der Waals surface area contributed by atoms with Crippen LogP contribution in [0.25, 0.3) is 0 Å². The fraction of sp³-hybridized carbons (Fsp3) is 0.625. The predicted molar refractivity (Wildman–Crippen MR) is 77.7 cm³/mol. The molecule has 2 N–H and O–H groups in total. The second-order valence-electron chi connectivity index (χ2n) is 5.32. The minimum atomic E-state index is 0.0247. The molecule has 0 aromatic heterocycles. The molecule has 0 aliphatic heterocycles. The number of nitrogens with one attached hydrogen (secondary N) is 1. The summed E-state index contributed by atoms with van der Waals surface area (Å²) in [5, 5.41) is 13.1. The van der Waals surface area contributed by atoms with Crippen LogP contribution in [-0.4, -0.2) is 18.3 Å². The molecule has 0 fully saturated rings. The summed E-state index contributed by atoms with van der Waals surface area (Å²) in [5.41, 5.74) is 2.69. The Morgan fingerprint density at radius 3 is 2.33 bits per heavy atom. The number of aryl methyl sites for hydroxylation is 1. The average molecular weight is 249 g/mol. The van der Waals surface area contributed by atoms with E-state index in [1.165, 1.54) is 11.1 Å². The molecule has 102 valence electrons. The van der Waals surface area contributed by atoms with Crippen molar-refractivity contribution in [3.05, 3.63) is 35.4 Å². The maximum absolute atomic E-state index is 9.57. The number of aliphatic hydroxyl groups is 1. The van der Waals surface area contributed by atoms with Gasteiger partial charge in [0.2, 0.25) is 0 Å². The van der Waals surface area contributed by atoms with Crippen molar-refractivity contribution in [1.29, 1.82) is 0 Å². The van der Waals surface area contributed by atoms with Crippen LogP contribution in [0.4, 0.5) is 0 Å². The Labute approximate surface area is 111 Å². The summed E-state index contributed by atoms with van der Waals surface area (Å²) in [6.07, 6.45) is 2.01. The van der Waals surface area contributed by atoms with Crippen molar-refractivity contribution in [2.24, 2.45) is 5.41 Å². The van der Waals surface area contributed by atoms with Crippen molar-refractivity contribution in [3.63, 3.8) is 0 Å². The average Bonchev–Trinajstić information content (AvgIpc) is 2.41. The number of rotatable bonds is 7. The van der Waals surface area contributed by atoms with Crippen molar-refractivity contribution < 1.29 is 5.11 Å². The molecule has 2 heteroatoms. The summed E-state index contributed by atoms with van der Waals surface area (Å²) in [6, 6.07) is 8.80. The van der Waals surface area contributed by atoms with Crippen molar-refractivity contribution >= 4 is 0 Å². The van der Waals surface area contributed by atoms with E-state index in [0.717, 1.165) is 19.4 Å². The third-order valence-corrected chi connectivity index (χ3v) is 4.27. The van der Waals surface area contributed by atoms with Gasteiger partial charge in [0.25, 0.3) is 0 Å². The van der Waals surface area contributed by atoms with E-state index in [4.69, 9.17) is 0 Å². The first kappa shape index (κ1) is 15.2. The van der Waals surface area contributed by atoms with Crippen molar-refractivity contribution in [2.45, 2.75) is 46.6 Å². The molecule has 0 saturated carbocycles. The number of benzene rings is 1. The van der Waals surface area contributed by atoms with E-state index < -0.39 is 0 Å². The second kappa shape index (κ2) is 6.91. The molecule has 0 unspecified atom stereocenters. The summed E-state index contributed by atoms with van der Waals surface area (Å²) in [7, 11) is 0. The Hall–Kier alpha value is -0.860. The number of hydrogen-bond acceptors (Lipinski definition) is 2. The number of hydrogen-bond donors (Lipinski definition) is 2. The lowest BCUT2D eigenvalue weighted by molar-refractivity contribution is 0.110. The number of aliphatic hydroxyl groups excluding tert-OH is 1. The van der Waals surface area contributed by atoms with Crippen LogP contribution in [0.2, 0.25) is 0 Å². The SMILES string of the molecule is CCC(CC)(CO)CN[C@H](C)c1ccccc1C. The van der Waals surface area contributed by atoms with Gasteiger partial charge in [-0.15, -0.1) is 0 Å².